The Kier molecular flexibility index (Phi) is 6.44. The maximum absolute atomic E-state index is 13.2. The Bertz CT molecular complexity index is 1010. The molecule has 1 atom stereocenters. The second kappa shape index (κ2) is 9.29. The maximum atomic E-state index is 13.2. The lowest BCUT2D eigenvalue weighted by atomic mass is 10.1. The number of hydrogen-bond acceptors (Lipinski definition) is 5. The number of methoxy groups -OCH3 is 1. The molecule has 2 aliphatic heterocycles. The summed E-state index contributed by atoms with van der Waals surface area (Å²) < 4.78 is 43.7. The number of pyridine rings is 1. The highest BCUT2D eigenvalue weighted by atomic mass is 19.4. The summed E-state index contributed by atoms with van der Waals surface area (Å²) in [7, 11) is 1.54. The molecule has 2 aromatic rings. The highest BCUT2D eigenvalue weighted by Gasteiger charge is 2.38. The molecule has 0 aliphatic carbocycles. The van der Waals surface area contributed by atoms with E-state index in [-0.39, 0.29) is 18.2 Å². The van der Waals surface area contributed by atoms with Crippen LogP contribution in [0.3, 0.4) is 0 Å². The quantitative estimate of drug-likeness (QED) is 0.698. The zero-order valence-corrected chi connectivity index (χ0v) is 18.2. The third kappa shape index (κ3) is 4.89. The van der Waals surface area contributed by atoms with Crippen LogP contribution in [0.5, 0.6) is 5.75 Å². The zero-order chi connectivity index (χ0) is 23.6. The Morgan fingerprint density at radius 1 is 1.09 bits per heavy atom. The van der Waals surface area contributed by atoms with Gasteiger partial charge in [-0.1, -0.05) is 12.1 Å². The first-order valence-corrected chi connectivity index (χ1v) is 10.8. The molecule has 7 nitrogen and oxygen atoms in total. The molecule has 2 fully saturated rings. The molecule has 0 radical (unpaired) electrons. The van der Waals surface area contributed by atoms with Gasteiger partial charge in [0.05, 0.1) is 24.3 Å². The van der Waals surface area contributed by atoms with Gasteiger partial charge in [-0.25, -0.2) is 4.98 Å². The van der Waals surface area contributed by atoms with E-state index >= 15 is 0 Å². The number of rotatable bonds is 4. The lowest BCUT2D eigenvalue weighted by Gasteiger charge is -2.25. The molecule has 2 saturated heterocycles. The Labute approximate surface area is 189 Å². The molecule has 3 heterocycles. The Balaban J connectivity index is 1.39. The van der Waals surface area contributed by atoms with E-state index in [4.69, 9.17) is 4.74 Å². The van der Waals surface area contributed by atoms with Crippen molar-refractivity contribution in [2.75, 3.05) is 49.6 Å². The van der Waals surface area contributed by atoms with Crippen LogP contribution in [-0.2, 0) is 15.8 Å². The van der Waals surface area contributed by atoms with Gasteiger partial charge in [-0.2, -0.15) is 13.2 Å². The Morgan fingerprint density at radius 3 is 2.58 bits per heavy atom. The van der Waals surface area contributed by atoms with Gasteiger partial charge >= 0.3 is 6.18 Å². The monoisotopic (exact) mass is 462 g/mol. The number of alkyl halides is 3. The number of amides is 2. The number of para-hydroxylation sites is 2. The number of carbonyl (C=O) groups is 2. The molecule has 0 saturated carbocycles. The molecule has 1 aromatic carbocycles. The largest absolute Gasteiger partial charge is 0.495 e. The maximum Gasteiger partial charge on any atom is 0.417 e. The molecule has 176 valence electrons. The topological polar surface area (TPSA) is 66.0 Å². The van der Waals surface area contributed by atoms with Gasteiger partial charge in [0.15, 0.2) is 0 Å². The normalized spacial score (nSPS) is 19.6. The van der Waals surface area contributed by atoms with Crippen molar-refractivity contribution in [3.8, 4) is 5.75 Å². The highest BCUT2D eigenvalue weighted by Crippen LogP contribution is 2.33. The summed E-state index contributed by atoms with van der Waals surface area (Å²) in [5, 5.41) is 0. The van der Waals surface area contributed by atoms with E-state index in [1.807, 2.05) is 17.0 Å². The second-order valence-electron chi connectivity index (χ2n) is 8.15. The molecule has 33 heavy (non-hydrogen) atoms. The molecule has 1 aromatic heterocycles. The molecular formula is C23H25F3N4O3. The summed E-state index contributed by atoms with van der Waals surface area (Å²) in [6, 6.07) is 9.59. The summed E-state index contributed by atoms with van der Waals surface area (Å²) in [4.78, 5) is 35.0. The number of halogens is 3. The number of anilines is 2. The third-order valence-corrected chi connectivity index (χ3v) is 6.06. The van der Waals surface area contributed by atoms with E-state index in [0.29, 0.717) is 56.4 Å². The predicted octanol–water partition coefficient (Wildman–Crippen LogP) is 3.20. The molecule has 1 unspecified atom stereocenters. The van der Waals surface area contributed by atoms with Crippen molar-refractivity contribution in [3.63, 3.8) is 0 Å². The van der Waals surface area contributed by atoms with Crippen LogP contribution in [-0.4, -0.2) is 61.5 Å². The minimum absolute atomic E-state index is 0.0806. The van der Waals surface area contributed by atoms with Crippen LogP contribution in [0.25, 0.3) is 0 Å². The fraction of sp³-hybridized carbons (Fsp3) is 0.435. The van der Waals surface area contributed by atoms with E-state index in [1.54, 1.807) is 21.9 Å². The summed E-state index contributed by atoms with van der Waals surface area (Å²) in [6.07, 6.45) is -2.80. The van der Waals surface area contributed by atoms with Crippen molar-refractivity contribution < 1.29 is 27.5 Å². The van der Waals surface area contributed by atoms with Crippen molar-refractivity contribution in [2.24, 2.45) is 5.92 Å². The number of benzene rings is 1. The number of hydrogen-bond donors (Lipinski definition) is 0. The van der Waals surface area contributed by atoms with Gasteiger partial charge in [-0.3, -0.25) is 9.59 Å². The smallest absolute Gasteiger partial charge is 0.417 e. The summed E-state index contributed by atoms with van der Waals surface area (Å²) in [5.74, 6) is 0.383. The van der Waals surface area contributed by atoms with Crippen LogP contribution in [0.4, 0.5) is 24.7 Å². The average Bonchev–Trinajstić information content (AvgIpc) is 3.03. The molecule has 0 N–H and O–H groups in total. The first kappa shape index (κ1) is 22.9. The van der Waals surface area contributed by atoms with Crippen molar-refractivity contribution in [1.29, 1.82) is 0 Å². The lowest BCUT2D eigenvalue weighted by molar-refractivity contribution is -0.138. The first-order chi connectivity index (χ1) is 15.8. The molecular weight excluding hydrogens is 437 g/mol. The van der Waals surface area contributed by atoms with Crippen LogP contribution in [0.15, 0.2) is 42.6 Å². The minimum Gasteiger partial charge on any atom is -0.495 e. The van der Waals surface area contributed by atoms with Gasteiger partial charge in [-0.15, -0.1) is 0 Å². The van der Waals surface area contributed by atoms with Gasteiger partial charge in [-0.05, 0) is 30.7 Å². The van der Waals surface area contributed by atoms with Gasteiger partial charge in [0.25, 0.3) is 0 Å². The standard InChI is InChI=1S/C23H25F3N4O3/c1-33-19-6-3-2-5-18(19)30-15-16(13-21(30)31)22(32)29-10-4-9-28(11-12-29)20-8-7-17(14-27-20)23(24,25)26/h2-3,5-8,14,16H,4,9-13,15H2,1H3. The first-order valence-electron chi connectivity index (χ1n) is 10.8. The van der Waals surface area contributed by atoms with Crippen molar-refractivity contribution in [3.05, 3.63) is 48.2 Å². The number of nitrogens with zero attached hydrogens (tertiary/aromatic N) is 4. The molecule has 2 amide bonds. The summed E-state index contributed by atoms with van der Waals surface area (Å²) >= 11 is 0. The molecule has 4 rings (SSSR count). The summed E-state index contributed by atoms with van der Waals surface area (Å²) in [5.41, 5.74) is -0.140. The average molecular weight is 462 g/mol. The molecule has 0 bridgehead atoms. The van der Waals surface area contributed by atoms with Crippen molar-refractivity contribution in [1.82, 2.24) is 9.88 Å². The minimum atomic E-state index is -4.43. The van der Waals surface area contributed by atoms with Crippen LogP contribution >= 0.6 is 0 Å². The van der Waals surface area contributed by atoms with E-state index in [9.17, 15) is 22.8 Å². The third-order valence-electron chi connectivity index (χ3n) is 6.06. The van der Waals surface area contributed by atoms with Gasteiger partial charge in [0.2, 0.25) is 11.8 Å². The molecule has 0 spiro atoms. The highest BCUT2D eigenvalue weighted by molar-refractivity contribution is 6.01. The number of aromatic nitrogens is 1. The van der Waals surface area contributed by atoms with Gasteiger partial charge in [0, 0.05) is 45.3 Å². The Morgan fingerprint density at radius 2 is 1.88 bits per heavy atom. The van der Waals surface area contributed by atoms with E-state index in [0.717, 1.165) is 12.3 Å². The van der Waals surface area contributed by atoms with Crippen LogP contribution in [0, 0.1) is 5.92 Å². The summed E-state index contributed by atoms with van der Waals surface area (Å²) in [6.45, 7) is 2.27. The Hall–Kier alpha value is -3.30. The van der Waals surface area contributed by atoms with Crippen molar-refractivity contribution >= 4 is 23.3 Å². The van der Waals surface area contributed by atoms with Gasteiger partial charge < -0.3 is 19.4 Å². The van der Waals surface area contributed by atoms with E-state index in [1.165, 1.54) is 13.2 Å². The van der Waals surface area contributed by atoms with Crippen LogP contribution in [0.1, 0.15) is 18.4 Å². The van der Waals surface area contributed by atoms with E-state index < -0.39 is 17.7 Å². The van der Waals surface area contributed by atoms with E-state index in [2.05, 4.69) is 4.98 Å². The van der Waals surface area contributed by atoms with Crippen LogP contribution in [0.2, 0.25) is 0 Å². The number of carbonyl (C=O) groups excluding carboxylic acids is 2. The second-order valence-corrected chi connectivity index (χ2v) is 8.15. The molecule has 2 aliphatic rings. The van der Waals surface area contributed by atoms with Crippen molar-refractivity contribution in [2.45, 2.75) is 19.0 Å². The van der Waals surface area contributed by atoms with Gasteiger partial charge in [0.1, 0.15) is 11.6 Å². The number of ether oxygens (including phenoxy) is 1. The molecule has 10 heteroatoms. The fourth-order valence-electron chi connectivity index (χ4n) is 4.32. The van der Waals surface area contributed by atoms with Crippen LogP contribution < -0.4 is 14.5 Å². The fourth-order valence-corrected chi connectivity index (χ4v) is 4.32. The lowest BCUT2D eigenvalue weighted by Crippen LogP contribution is -2.40. The SMILES string of the molecule is COc1ccccc1N1CC(C(=O)N2CCCN(c3ccc(C(F)(F)F)cn3)CC2)CC1=O. The predicted molar refractivity (Wildman–Crippen MR) is 116 cm³/mol. The zero-order valence-electron chi connectivity index (χ0n) is 18.2.